The Balaban J connectivity index is 2.78. The average molecular weight is 261 g/mol. The van der Waals surface area contributed by atoms with Gasteiger partial charge in [-0.15, -0.1) is 0 Å². The smallest absolute Gasteiger partial charge is 0.242 e. The second-order valence-corrected chi connectivity index (χ2v) is 4.42. The first-order chi connectivity index (χ1) is 9.10. The quantitative estimate of drug-likeness (QED) is 0.771. The lowest BCUT2D eigenvalue weighted by molar-refractivity contribution is -0.119. The zero-order valence-electron chi connectivity index (χ0n) is 11.3. The summed E-state index contributed by atoms with van der Waals surface area (Å²) in [5.74, 6) is -0.157. The standard InChI is InChI=1S/C14H19N3O2/c1-12(11-18)16(2)10-14(19)17(9-8-15)13-6-4-3-5-7-13/h3-7,12,18H,9-11H2,1-2H3. The molecule has 0 radical (unpaired) electrons. The van der Waals surface area contributed by atoms with Crippen molar-refractivity contribution in [3.8, 4) is 6.07 Å². The number of likely N-dealkylation sites (N-methyl/N-ethyl adjacent to an activating group) is 1. The maximum absolute atomic E-state index is 12.2. The Morgan fingerprint density at radius 1 is 1.42 bits per heavy atom. The van der Waals surface area contributed by atoms with Crippen molar-refractivity contribution in [2.75, 3.05) is 31.6 Å². The van der Waals surface area contributed by atoms with Gasteiger partial charge in [-0.25, -0.2) is 0 Å². The summed E-state index contributed by atoms with van der Waals surface area (Å²) in [5.41, 5.74) is 0.708. The molecule has 0 saturated carbocycles. The second-order valence-electron chi connectivity index (χ2n) is 4.42. The van der Waals surface area contributed by atoms with E-state index >= 15 is 0 Å². The molecule has 19 heavy (non-hydrogen) atoms. The zero-order valence-corrected chi connectivity index (χ0v) is 11.3. The second kappa shape index (κ2) is 7.52. The fraction of sp³-hybridized carbons (Fsp3) is 0.429. The molecule has 1 N–H and O–H groups in total. The van der Waals surface area contributed by atoms with E-state index in [1.54, 1.807) is 24.1 Å². The van der Waals surface area contributed by atoms with Crippen LogP contribution >= 0.6 is 0 Å². The summed E-state index contributed by atoms with van der Waals surface area (Å²) in [6.07, 6.45) is 0. The molecule has 5 nitrogen and oxygen atoms in total. The van der Waals surface area contributed by atoms with Gasteiger partial charge in [0.1, 0.15) is 6.54 Å². The van der Waals surface area contributed by atoms with Crippen LogP contribution in [0, 0.1) is 11.3 Å². The summed E-state index contributed by atoms with van der Waals surface area (Å²) in [5, 5.41) is 17.9. The molecule has 1 rings (SSSR count). The first-order valence-electron chi connectivity index (χ1n) is 6.13. The van der Waals surface area contributed by atoms with E-state index in [0.29, 0.717) is 5.69 Å². The Morgan fingerprint density at radius 2 is 2.05 bits per heavy atom. The average Bonchev–Trinajstić information content (AvgIpc) is 2.44. The van der Waals surface area contributed by atoms with E-state index in [4.69, 9.17) is 10.4 Å². The van der Waals surface area contributed by atoms with Crippen LogP contribution in [0.15, 0.2) is 30.3 Å². The number of para-hydroxylation sites is 1. The maximum atomic E-state index is 12.2. The van der Waals surface area contributed by atoms with Crippen LogP contribution in [0.25, 0.3) is 0 Å². The highest BCUT2D eigenvalue weighted by atomic mass is 16.3. The lowest BCUT2D eigenvalue weighted by Gasteiger charge is -2.26. The van der Waals surface area contributed by atoms with E-state index < -0.39 is 0 Å². The zero-order chi connectivity index (χ0) is 14.3. The van der Waals surface area contributed by atoms with Gasteiger partial charge in [-0.05, 0) is 26.1 Å². The minimum absolute atomic E-state index is 0.00658. The lowest BCUT2D eigenvalue weighted by Crippen LogP contribution is -2.43. The van der Waals surface area contributed by atoms with Gasteiger partial charge in [0.2, 0.25) is 5.91 Å². The Labute approximate surface area is 113 Å². The van der Waals surface area contributed by atoms with Crippen molar-refractivity contribution in [2.45, 2.75) is 13.0 Å². The minimum atomic E-state index is -0.157. The number of rotatable bonds is 6. The number of carbonyl (C=O) groups is 1. The molecular weight excluding hydrogens is 242 g/mol. The van der Waals surface area contributed by atoms with Crippen LogP contribution in [0.4, 0.5) is 5.69 Å². The molecule has 0 aliphatic heterocycles. The van der Waals surface area contributed by atoms with E-state index in [-0.39, 0.29) is 31.6 Å². The van der Waals surface area contributed by atoms with E-state index in [9.17, 15) is 4.79 Å². The molecule has 0 spiro atoms. The number of nitriles is 1. The van der Waals surface area contributed by atoms with Crippen molar-refractivity contribution < 1.29 is 9.90 Å². The molecule has 0 fully saturated rings. The van der Waals surface area contributed by atoms with Crippen LogP contribution in [0.3, 0.4) is 0 Å². The van der Waals surface area contributed by atoms with Gasteiger partial charge in [-0.2, -0.15) is 5.26 Å². The number of benzene rings is 1. The van der Waals surface area contributed by atoms with Crippen LogP contribution in [0.1, 0.15) is 6.92 Å². The molecule has 1 aromatic carbocycles. The van der Waals surface area contributed by atoms with Crippen LogP contribution in [-0.2, 0) is 4.79 Å². The summed E-state index contributed by atoms with van der Waals surface area (Å²) >= 11 is 0. The van der Waals surface area contributed by atoms with Crippen LogP contribution in [-0.4, -0.2) is 48.7 Å². The predicted molar refractivity (Wildman–Crippen MR) is 73.6 cm³/mol. The number of amides is 1. The third kappa shape index (κ3) is 4.36. The van der Waals surface area contributed by atoms with Gasteiger partial charge in [0.15, 0.2) is 0 Å². The summed E-state index contributed by atoms with van der Waals surface area (Å²) in [6, 6.07) is 11.0. The molecule has 1 amide bonds. The number of hydrogen-bond donors (Lipinski definition) is 1. The van der Waals surface area contributed by atoms with Gasteiger partial charge in [-0.1, -0.05) is 18.2 Å². The molecule has 0 aromatic heterocycles. The summed E-state index contributed by atoms with van der Waals surface area (Å²) in [7, 11) is 1.77. The molecule has 0 aliphatic rings. The first kappa shape index (κ1) is 15.2. The van der Waals surface area contributed by atoms with Gasteiger partial charge in [0.05, 0.1) is 19.2 Å². The Morgan fingerprint density at radius 3 is 2.58 bits per heavy atom. The first-order valence-corrected chi connectivity index (χ1v) is 6.13. The van der Waals surface area contributed by atoms with Crippen molar-refractivity contribution in [2.24, 2.45) is 0 Å². The van der Waals surface area contributed by atoms with Crippen LogP contribution in [0.2, 0.25) is 0 Å². The predicted octanol–water partition coefficient (Wildman–Crippen LogP) is 0.856. The van der Waals surface area contributed by atoms with Gasteiger partial charge >= 0.3 is 0 Å². The lowest BCUT2D eigenvalue weighted by atomic mass is 10.2. The Hall–Kier alpha value is -1.90. The molecular formula is C14H19N3O2. The number of hydrogen-bond acceptors (Lipinski definition) is 4. The molecule has 0 aliphatic carbocycles. The van der Waals surface area contributed by atoms with Gasteiger partial charge in [-0.3, -0.25) is 14.6 Å². The molecule has 102 valence electrons. The molecule has 0 heterocycles. The van der Waals surface area contributed by atoms with Gasteiger partial charge < -0.3 is 5.11 Å². The molecule has 1 aromatic rings. The molecule has 0 bridgehead atoms. The Kier molecular flexibility index (Phi) is 6.00. The molecule has 1 atom stereocenters. The minimum Gasteiger partial charge on any atom is -0.395 e. The topological polar surface area (TPSA) is 67.6 Å². The fourth-order valence-corrected chi connectivity index (χ4v) is 1.60. The van der Waals surface area contributed by atoms with E-state index in [2.05, 4.69) is 0 Å². The van der Waals surface area contributed by atoms with E-state index in [1.165, 1.54) is 4.90 Å². The third-order valence-corrected chi connectivity index (χ3v) is 3.00. The Bertz CT molecular complexity index is 442. The highest BCUT2D eigenvalue weighted by Crippen LogP contribution is 2.13. The maximum Gasteiger partial charge on any atom is 0.242 e. The van der Waals surface area contributed by atoms with Gasteiger partial charge in [0.25, 0.3) is 0 Å². The number of carbonyl (C=O) groups excluding carboxylic acids is 1. The van der Waals surface area contributed by atoms with Crippen molar-refractivity contribution in [3.05, 3.63) is 30.3 Å². The van der Waals surface area contributed by atoms with E-state index in [0.717, 1.165) is 0 Å². The van der Waals surface area contributed by atoms with Crippen molar-refractivity contribution >= 4 is 11.6 Å². The number of aliphatic hydroxyl groups excluding tert-OH is 1. The van der Waals surface area contributed by atoms with Gasteiger partial charge in [0, 0.05) is 11.7 Å². The largest absolute Gasteiger partial charge is 0.395 e. The summed E-state index contributed by atoms with van der Waals surface area (Å²) in [6.45, 7) is 2.01. The van der Waals surface area contributed by atoms with Crippen molar-refractivity contribution in [1.29, 1.82) is 5.26 Å². The highest BCUT2D eigenvalue weighted by Gasteiger charge is 2.19. The molecule has 1 unspecified atom stereocenters. The number of nitrogens with zero attached hydrogens (tertiary/aromatic N) is 3. The van der Waals surface area contributed by atoms with Crippen LogP contribution < -0.4 is 4.90 Å². The highest BCUT2D eigenvalue weighted by molar-refractivity contribution is 5.95. The summed E-state index contributed by atoms with van der Waals surface area (Å²) in [4.78, 5) is 15.4. The molecule has 0 saturated heterocycles. The monoisotopic (exact) mass is 261 g/mol. The molecule has 5 heteroatoms. The summed E-state index contributed by atoms with van der Waals surface area (Å²) < 4.78 is 0. The van der Waals surface area contributed by atoms with Crippen molar-refractivity contribution in [3.63, 3.8) is 0 Å². The fourth-order valence-electron chi connectivity index (χ4n) is 1.60. The van der Waals surface area contributed by atoms with Crippen molar-refractivity contribution in [1.82, 2.24) is 4.90 Å². The van der Waals surface area contributed by atoms with E-state index in [1.807, 2.05) is 31.2 Å². The SMILES string of the molecule is CC(CO)N(C)CC(=O)N(CC#N)c1ccccc1. The number of aliphatic hydroxyl groups is 1. The third-order valence-electron chi connectivity index (χ3n) is 3.00. The normalized spacial score (nSPS) is 11.9. The van der Waals surface area contributed by atoms with Crippen LogP contribution in [0.5, 0.6) is 0 Å². The number of anilines is 1.